The van der Waals surface area contributed by atoms with Gasteiger partial charge in [-0.1, -0.05) is 19.9 Å². The average Bonchev–Trinajstić information content (AvgIpc) is 2.65. The number of esters is 2. The SMILES string of the molecule is CCc1coc(-c2c(C(=O)OC)cccc2C(=O)OC)c(CC)c1=O. The van der Waals surface area contributed by atoms with Gasteiger partial charge in [0.25, 0.3) is 0 Å². The van der Waals surface area contributed by atoms with Gasteiger partial charge in [0.05, 0.1) is 31.6 Å². The molecule has 0 aliphatic rings. The van der Waals surface area contributed by atoms with Crippen LogP contribution in [-0.2, 0) is 22.3 Å². The zero-order valence-corrected chi connectivity index (χ0v) is 14.7. The van der Waals surface area contributed by atoms with Crippen molar-refractivity contribution in [3.8, 4) is 11.3 Å². The molecule has 6 heteroatoms. The highest BCUT2D eigenvalue weighted by atomic mass is 16.5. The minimum atomic E-state index is -0.634. The van der Waals surface area contributed by atoms with Crippen molar-refractivity contribution in [2.75, 3.05) is 14.2 Å². The summed E-state index contributed by atoms with van der Waals surface area (Å²) in [6.45, 7) is 3.67. The number of carbonyl (C=O) groups is 2. The number of aryl methyl sites for hydroxylation is 1. The molecule has 0 bridgehead atoms. The molecule has 0 saturated heterocycles. The van der Waals surface area contributed by atoms with Crippen LogP contribution in [-0.4, -0.2) is 26.2 Å². The van der Waals surface area contributed by atoms with E-state index in [0.29, 0.717) is 24.0 Å². The molecule has 6 nitrogen and oxygen atoms in total. The Labute approximate surface area is 145 Å². The van der Waals surface area contributed by atoms with Crippen LogP contribution in [0.2, 0.25) is 0 Å². The van der Waals surface area contributed by atoms with Gasteiger partial charge in [-0.3, -0.25) is 4.79 Å². The molecule has 2 rings (SSSR count). The molecule has 132 valence electrons. The fraction of sp³-hybridized carbons (Fsp3) is 0.316. The third-order valence-electron chi connectivity index (χ3n) is 4.00. The lowest BCUT2D eigenvalue weighted by molar-refractivity contribution is 0.0600. The Morgan fingerprint density at radius 1 is 1.00 bits per heavy atom. The lowest BCUT2D eigenvalue weighted by Crippen LogP contribution is -2.17. The molecule has 0 radical (unpaired) electrons. The summed E-state index contributed by atoms with van der Waals surface area (Å²) in [5, 5.41) is 0. The molecule has 0 N–H and O–H groups in total. The molecule has 1 heterocycles. The van der Waals surface area contributed by atoms with E-state index in [1.54, 1.807) is 6.07 Å². The fourth-order valence-corrected chi connectivity index (χ4v) is 2.68. The first kappa shape index (κ1) is 18.4. The third kappa shape index (κ3) is 3.33. The Hall–Kier alpha value is -2.89. The molecule has 0 fully saturated rings. The highest BCUT2D eigenvalue weighted by molar-refractivity contribution is 6.05. The van der Waals surface area contributed by atoms with Gasteiger partial charge in [0.2, 0.25) is 0 Å². The molecule has 0 atom stereocenters. The van der Waals surface area contributed by atoms with E-state index in [0.717, 1.165) is 0 Å². The van der Waals surface area contributed by atoms with Crippen LogP contribution in [0.5, 0.6) is 0 Å². The number of hydrogen-bond donors (Lipinski definition) is 0. The first-order valence-electron chi connectivity index (χ1n) is 7.93. The first-order valence-corrected chi connectivity index (χ1v) is 7.93. The number of ether oxygens (including phenoxy) is 2. The molecular formula is C19H20O6. The molecule has 0 unspecified atom stereocenters. The maximum Gasteiger partial charge on any atom is 0.338 e. The predicted octanol–water partition coefficient (Wildman–Crippen LogP) is 3.00. The van der Waals surface area contributed by atoms with Gasteiger partial charge in [0.15, 0.2) is 5.43 Å². The quantitative estimate of drug-likeness (QED) is 0.776. The largest absolute Gasteiger partial charge is 0.465 e. The van der Waals surface area contributed by atoms with Crippen LogP contribution in [0.25, 0.3) is 11.3 Å². The zero-order chi connectivity index (χ0) is 18.6. The molecule has 0 saturated carbocycles. The molecule has 0 aliphatic carbocycles. The fourth-order valence-electron chi connectivity index (χ4n) is 2.68. The van der Waals surface area contributed by atoms with Gasteiger partial charge in [-0.2, -0.15) is 0 Å². The van der Waals surface area contributed by atoms with Crippen LogP contribution in [0.3, 0.4) is 0 Å². The lowest BCUT2D eigenvalue weighted by atomic mass is 9.94. The summed E-state index contributed by atoms with van der Waals surface area (Å²) >= 11 is 0. The number of hydrogen-bond acceptors (Lipinski definition) is 6. The normalized spacial score (nSPS) is 10.4. The van der Waals surface area contributed by atoms with E-state index in [-0.39, 0.29) is 27.9 Å². The molecular weight excluding hydrogens is 324 g/mol. The van der Waals surface area contributed by atoms with Crippen LogP contribution >= 0.6 is 0 Å². The van der Waals surface area contributed by atoms with Gasteiger partial charge in [-0.05, 0) is 25.0 Å². The number of benzene rings is 1. The van der Waals surface area contributed by atoms with Crippen molar-refractivity contribution in [3.05, 3.63) is 56.9 Å². The first-order chi connectivity index (χ1) is 12.0. The standard InChI is InChI=1S/C19H20O6/c1-5-11-10-25-17(12(6-2)16(11)20)15-13(18(21)23-3)8-7-9-14(15)19(22)24-4/h7-10H,5-6H2,1-4H3. The Bertz CT molecular complexity index is 828. The summed E-state index contributed by atoms with van der Waals surface area (Å²) in [5.41, 5.74) is 1.26. The van der Waals surface area contributed by atoms with Crippen molar-refractivity contribution in [1.82, 2.24) is 0 Å². The van der Waals surface area contributed by atoms with Crippen molar-refractivity contribution < 1.29 is 23.5 Å². The van der Waals surface area contributed by atoms with Crippen molar-refractivity contribution >= 4 is 11.9 Å². The third-order valence-corrected chi connectivity index (χ3v) is 4.00. The lowest BCUT2D eigenvalue weighted by Gasteiger charge is -2.14. The van der Waals surface area contributed by atoms with Gasteiger partial charge < -0.3 is 13.9 Å². The van der Waals surface area contributed by atoms with Gasteiger partial charge in [-0.25, -0.2) is 9.59 Å². The van der Waals surface area contributed by atoms with E-state index in [1.165, 1.54) is 32.6 Å². The maximum atomic E-state index is 12.6. The minimum absolute atomic E-state index is 0.132. The summed E-state index contributed by atoms with van der Waals surface area (Å²) in [6, 6.07) is 4.58. The Morgan fingerprint density at radius 3 is 2.00 bits per heavy atom. The van der Waals surface area contributed by atoms with Crippen molar-refractivity contribution in [1.29, 1.82) is 0 Å². The van der Waals surface area contributed by atoms with Gasteiger partial charge in [0, 0.05) is 16.7 Å². The molecule has 25 heavy (non-hydrogen) atoms. The van der Waals surface area contributed by atoms with E-state index in [1.807, 2.05) is 13.8 Å². The van der Waals surface area contributed by atoms with E-state index in [9.17, 15) is 14.4 Å². The van der Waals surface area contributed by atoms with Crippen molar-refractivity contribution in [2.45, 2.75) is 26.7 Å². The summed E-state index contributed by atoms with van der Waals surface area (Å²) in [4.78, 5) is 37.0. The van der Waals surface area contributed by atoms with E-state index in [2.05, 4.69) is 0 Å². The minimum Gasteiger partial charge on any atom is -0.465 e. The zero-order valence-electron chi connectivity index (χ0n) is 14.7. The monoisotopic (exact) mass is 344 g/mol. The molecule has 0 amide bonds. The van der Waals surface area contributed by atoms with Crippen molar-refractivity contribution in [2.24, 2.45) is 0 Å². The van der Waals surface area contributed by atoms with Gasteiger partial charge >= 0.3 is 11.9 Å². The van der Waals surface area contributed by atoms with E-state index < -0.39 is 11.9 Å². The summed E-state index contributed by atoms with van der Waals surface area (Å²) < 4.78 is 15.3. The number of rotatable bonds is 5. The highest BCUT2D eigenvalue weighted by Gasteiger charge is 2.26. The Balaban J connectivity index is 2.90. The van der Waals surface area contributed by atoms with Crippen LogP contribution in [0.15, 0.2) is 33.7 Å². The van der Waals surface area contributed by atoms with E-state index >= 15 is 0 Å². The highest BCUT2D eigenvalue weighted by Crippen LogP contribution is 2.31. The van der Waals surface area contributed by atoms with Crippen molar-refractivity contribution in [3.63, 3.8) is 0 Å². The van der Waals surface area contributed by atoms with Gasteiger partial charge in [0.1, 0.15) is 5.76 Å². The van der Waals surface area contributed by atoms with Gasteiger partial charge in [-0.15, -0.1) is 0 Å². The average molecular weight is 344 g/mol. The molecule has 1 aromatic heterocycles. The van der Waals surface area contributed by atoms with Crippen LogP contribution in [0, 0.1) is 0 Å². The maximum absolute atomic E-state index is 12.6. The Morgan fingerprint density at radius 2 is 1.56 bits per heavy atom. The Kier molecular flexibility index (Phi) is 5.75. The molecule has 0 spiro atoms. The molecule has 1 aromatic carbocycles. The summed E-state index contributed by atoms with van der Waals surface area (Å²) in [6.07, 6.45) is 2.28. The summed E-state index contributed by atoms with van der Waals surface area (Å²) in [7, 11) is 2.49. The second-order valence-corrected chi connectivity index (χ2v) is 5.32. The number of carbonyl (C=O) groups excluding carboxylic acids is 2. The molecule has 0 aliphatic heterocycles. The second-order valence-electron chi connectivity index (χ2n) is 5.32. The van der Waals surface area contributed by atoms with Crippen LogP contribution < -0.4 is 5.43 Å². The van der Waals surface area contributed by atoms with Crippen LogP contribution in [0.4, 0.5) is 0 Å². The smallest absolute Gasteiger partial charge is 0.338 e. The summed E-state index contributed by atoms with van der Waals surface area (Å²) in [5.74, 6) is -1.08. The van der Waals surface area contributed by atoms with Crippen LogP contribution in [0.1, 0.15) is 45.7 Å². The predicted molar refractivity (Wildman–Crippen MR) is 91.8 cm³/mol. The number of methoxy groups -OCH3 is 2. The van der Waals surface area contributed by atoms with E-state index in [4.69, 9.17) is 13.9 Å². The second kappa shape index (κ2) is 7.79. The topological polar surface area (TPSA) is 82.8 Å². The molecule has 2 aromatic rings.